The largest absolute Gasteiger partial charge is 0.357 e. The van der Waals surface area contributed by atoms with E-state index < -0.39 is 11.8 Å². The predicted octanol–water partition coefficient (Wildman–Crippen LogP) is 4.05. The fourth-order valence-corrected chi connectivity index (χ4v) is 4.06. The highest BCUT2D eigenvalue weighted by Crippen LogP contribution is 2.26. The minimum absolute atomic E-state index is 0.0122. The number of hydrogen-bond acceptors (Lipinski definition) is 4. The number of aromatic nitrogens is 1. The molecule has 2 aliphatic heterocycles. The third-order valence-corrected chi connectivity index (χ3v) is 5.78. The average Bonchev–Trinajstić information content (AvgIpc) is 3.03. The molecule has 3 amide bonds. The first-order chi connectivity index (χ1) is 15.1. The molecule has 0 aliphatic carbocycles. The van der Waals surface area contributed by atoms with Crippen molar-refractivity contribution in [2.45, 2.75) is 45.1 Å². The van der Waals surface area contributed by atoms with E-state index in [-0.39, 0.29) is 18.1 Å². The highest BCUT2D eigenvalue weighted by atomic mass is 19.1. The number of nitrogens with zero attached hydrogens (tertiary/aromatic N) is 3. The fourth-order valence-electron chi connectivity index (χ4n) is 4.06. The van der Waals surface area contributed by atoms with Crippen LogP contribution in [0.3, 0.4) is 0 Å². The van der Waals surface area contributed by atoms with E-state index in [4.69, 9.17) is 0 Å². The molecule has 4 rings (SSSR count). The Morgan fingerprint density at radius 1 is 1.03 bits per heavy atom. The fraction of sp³-hybridized carbons (Fsp3) is 0.435. The average molecular weight is 426 g/mol. The molecule has 1 aromatic heterocycles. The summed E-state index contributed by atoms with van der Waals surface area (Å²) in [7, 11) is 0. The lowest BCUT2D eigenvalue weighted by molar-refractivity contribution is -0.117. The van der Waals surface area contributed by atoms with Crippen molar-refractivity contribution in [3.63, 3.8) is 0 Å². The van der Waals surface area contributed by atoms with Crippen LogP contribution in [0.15, 0.2) is 36.5 Å². The van der Waals surface area contributed by atoms with Crippen LogP contribution in [-0.2, 0) is 11.3 Å². The number of pyridine rings is 1. The number of amides is 3. The van der Waals surface area contributed by atoms with Crippen molar-refractivity contribution in [2.24, 2.45) is 0 Å². The molecule has 8 heteroatoms. The van der Waals surface area contributed by atoms with E-state index in [1.54, 1.807) is 17.2 Å². The lowest BCUT2D eigenvalue weighted by Crippen LogP contribution is -2.29. The number of anilines is 3. The van der Waals surface area contributed by atoms with Gasteiger partial charge in [-0.2, -0.15) is 0 Å². The Morgan fingerprint density at radius 2 is 1.84 bits per heavy atom. The molecule has 0 bridgehead atoms. The van der Waals surface area contributed by atoms with Gasteiger partial charge < -0.3 is 20.4 Å². The molecule has 3 heterocycles. The number of benzene rings is 1. The highest BCUT2D eigenvalue weighted by molar-refractivity contribution is 5.96. The van der Waals surface area contributed by atoms with E-state index in [9.17, 15) is 14.0 Å². The molecule has 0 saturated carbocycles. The summed E-state index contributed by atoms with van der Waals surface area (Å²) >= 11 is 0. The molecule has 7 nitrogen and oxygen atoms in total. The Balaban J connectivity index is 1.32. The molecular weight excluding hydrogens is 397 g/mol. The zero-order valence-electron chi connectivity index (χ0n) is 17.6. The van der Waals surface area contributed by atoms with Crippen LogP contribution in [-0.4, -0.2) is 36.6 Å². The van der Waals surface area contributed by atoms with Gasteiger partial charge in [0.05, 0.1) is 5.69 Å². The first-order valence-electron chi connectivity index (χ1n) is 10.9. The van der Waals surface area contributed by atoms with Gasteiger partial charge in [0.25, 0.3) is 0 Å². The van der Waals surface area contributed by atoms with E-state index in [1.807, 2.05) is 12.1 Å². The molecule has 1 aromatic carbocycles. The van der Waals surface area contributed by atoms with Crippen LogP contribution in [0.2, 0.25) is 0 Å². The molecule has 0 spiro atoms. The van der Waals surface area contributed by atoms with Crippen molar-refractivity contribution >= 4 is 29.1 Å². The van der Waals surface area contributed by atoms with Crippen LogP contribution < -0.4 is 20.4 Å². The molecule has 0 radical (unpaired) electrons. The van der Waals surface area contributed by atoms with Crippen LogP contribution in [0.5, 0.6) is 0 Å². The van der Waals surface area contributed by atoms with E-state index in [2.05, 4.69) is 20.5 Å². The quantitative estimate of drug-likeness (QED) is 0.758. The molecule has 0 unspecified atom stereocenters. The maximum Gasteiger partial charge on any atom is 0.319 e. The Kier molecular flexibility index (Phi) is 6.64. The van der Waals surface area contributed by atoms with Gasteiger partial charge in [-0.15, -0.1) is 0 Å². The predicted molar refractivity (Wildman–Crippen MR) is 119 cm³/mol. The summed E-state index contributed by atoms with van der Waals surface area (Å²) in [6, 6.07) is 7.74. The second kappa shape index (κ2) is 9.76. The number of hydrogen-bond donors (Lipinski definition) is 2. The summed E-state index contributed by atoms with van der Waals surface area (Å²) in [6.45, 7) is 2.95. The molecule has 164 valence electrons. The zero-order chi connectivity index (χ0) is 21.6. The van der Waals surface area contributed by atoms with Gasteiger partial charge in [-0.25, -0.2) is 14.2 Å². The molecule has 2 N–H and O–H groups in total. The number of carbonyl (C=O) groups is 2. The van der Waals surface area contributed by atoms with Crippen LogP contribution in [0.4, 0.5) is 26.4 Å². The molecule has 2 fully saturated rings. The Bertz CT molecular complexity index is 926. The maximum atomic E-state index is 14.2. The first kappa shape index (κ1) is 21.1. The summed E-state index contributed by atoms with van der Waals surface area (Å²) in [6.07, 6.45) is 7.95. The van der Waals surface area contributed by atoms with Crippen molar-refractivity contribution in [1.29, 1.82) is 0 Å². The van der Waals surface area contributed by atoms with Gasteiger partial charge in [-0.05, 0) is 49.1 Å². The molecule has 2 aliphatic rings. The summed E-state index contributed by atoms with van der Waals surface area (Å²) in [5, 5.41) is 5.27. The van der Waals surface area contributed by atoms with Crippen molar-refractivity contribution in [1.82, 2.24) is 10.3 Å². The molecule has 2 aromatic rings. The highest BCUT2D eigenvalue weighted by Gasteiger charge is 2.22. The minimum Gasteiger partial charge on any atom is -0.357 e. The number of urea groups is 1. The van der Waals surface area contributed by atoms with Gasteiger partial charge in [0.15, 0.2) is 0 Å². The monoisotopic (exact) mass is 425 g/mol. The molecule has 2 saturated heterocycles. The second-order valence-corrected chi connectivity index (χ2v) is 8.05. The van der Waals surface area contributed by atoms with E-state index >= 15 is 0 Å². The Morgan fingerprint density at radius 3 is 2.52 bits per heavy atom. The molecule has 0 atom stereocenters. The van der Waals surface area contributed by atoms with Crippen molar-refractivity contribution in [3.8, 4) is 0 Å². The van der Waals surface area contributed by atoms with E-state index in [1.165, 1.54) is 37.8 Å². The van der Waals surface area contributed by atoms with E-state index in [0.29, 0.717) is 18.7 Å². The van der Waals surface area contributed by atoms with Gasteiger partial charge in [0.2, 0.25) is 5.91 Å². The lowest BCUT2D eigenvalue weighted by atomic mass is 10.2. The Hall–Kier alpha value is -3.16. The van der Waals surface area contributed by atoms with Crippen LogP contribution >= 0.6 is 0 Å². The molecular formula is C23H28FN5O2. The number of nitrogens with one attached hydrogen (secondary N) is 2. The van der Waals surface area contributed by atoms with Crippen molar-refractivity contribution in [2.75, 3.05) is 34.8 Å². The van der Waals surface area contributed by atoms with Crippen molar-refractivity contribution in [3.05, 3.63) is 47.9 Å². The lowest BCUT2D eigenvalue weighted by Gasteiger charge is -2.21. The third-order valence-electron chi connectivity index (χ3n) is 5.78. The van der Waals surface area contributed by atoms with E-state index in [0.717, 1.165) is 30.9 Å². The van der Waals surface area contributed by atoms with Gasteiger partial charge in [-0.3, -0.25) is 4.79 Å². The van der Waals surface area contributed by atoms with Gasteiger partial charge in [-0.1, -0.05) is 18.9 Å². The summed E-state index contributed by atoms with van der Waals surface area (Å²) < 4.78 is 14.2. The van der Waals surface area contributed by atoms with Gasteiger partial charge >= 0.3 is 6.03 Å². The maximum absolute atomic E-state index is 14.2. The van der Waals surface area contributed by atoms with Gasteiger partial charge in [0.1, 0.15) is 11.6 Å². The van der Waals surface area contributed by atoms with Gasteiger partial charge in [0, 0.05) is 44.5 Å². The minimum atomic E-state index is -0.547. The number of rotatable bonds is 5. The normalized spacial score (nSPS) is 16.9. The smallest absolute Gasteiger partial charge is 0.319 e. The Labute approximate surface area is 181 Å². The number of halogens is 1. The first-order valence-corrected chi connectivity index (χ1v) is 10.9. The summed E-state index contributed by atoms with van der Waals surface area (Å²) in [4.78, 5) is 32.7. The van der Waals surface area contributed by atoms with Crippen molar-refractivity contribution < 1.29 is 14.0 Å². The second-order valence-electron chi connectivity index (χ2n) is 8.05. The standard InChI is InChI=1S/C23H28FN5O2/c24-19-9-8-18(29-13-5-6-22(29)30)14-20(19)27-23(31)26-16-17-7-10-21(25-15-17)28-11-3-1-2-4-12-28/h7-10,14-15H,1-6,11-13,16H2,(H2,26,27,31). The topological polar surface area (TPSA) is 77.6 Å². The van der Waals surface area contributed by atoms with Crippen LogP contribution in [0, 0.1) is 5.82 Å². The van der Waals surface area contributed by atoms with Crippen LogP contribution in [0.25, 0.3) is 0 Å². The summed E-state index contributed by atoms with van der Waals surface area (Å²) in [5.41, 5.74) is 1.50. The molecule has 31 heavy (non-hydrogen) atoms. The summed E-state index contributed by atoms with van der Waals surface area (Å²) in [5.74, 6) is 0.428. The van der Waals surface area contributed by atoms with Crippen LogP contribution in [0.1, 0.15) is 44.1 Å². The SMILES string of the molecule is O=C(NCc1ccc(N2CCCCCC2)nc1)Nc1cc(N2CCCC2=O)ccc1F. The zero-order valence-corrected chi connectivity index (χ0v) is 17.6. The number of carbonyl (C=O) groups excluding carboxylic acids is 2. The third kappa shape index (κ3) is 5.31.